The van der Waals surface area contributed by atoms with Crippen molar-refractivity contribution in [2.45, 2.75) is 31.9 Å². The van der Waals surface area contributed by atoms with Crippen molar-refractivity contribution in [3.8, 4) is 5.75 Å². The maximum Gasteiger partial charge on any atom is 0.120 e. The smallest absolute Gasteiger partial charge is 0.120 e. The lowest BCUT2D eigenvalue weighted by atomic mass is 9.88. The maximum atomic E-state index is 6.17. The summed E-state index contributed by atoms with van der Waals surface area (Å²) in [5.74, 6) is 0.876. The molecule has 0 spiro atoms. The Balaban J connectivity index is 1.73. The Bertz CT molecular complexity index is 615. The Morgan fingerprint density at radius 1 is 1.30 bits per heavy atom. The molecule has 20 heavy (non-hydrogen) atoms. The van der Waals surface area contributed by atoms with Crippen LogP contribution in [0.4, 0.5) is 0 Å². The van der Waals surface area contributed by atoms with E-state index < -0.39 is 0 Å². The second-order valence-corrected chi connectivity index (χ2v) is 6.08. The van der Waals surface area contributed by atoms with E-state index in [9.17, 15) is 0 Å². The van der Waals surface area contributed by atoms with Crippen LogP contribution in [0.1, 0.15) is 35.6 Å². The number of hydrogen-bond donors (Lipinski definition) is 1. The van der Waals surface area contributed by atoms with Crippen LogP contribution in [-0.4, -0.2) is 4.98 Å². The standard InChI is InChI=1S/C16H17BrN2O/c17-13-6-11(8-19-9-13)10-20-14-5-4-12-2-1-3-16(18)15(12)7-14/h4-9,16H,1-3,10,18H2. The van der Waals surface area contributed by atoms with Crippen LogP contribution in [0.3, 0.4) is 0 Å². The van der Waals surface area contributed by atoms with Crippen LogP contribution in [0.25, 0.3) is 0 Å². The minimum Gasteiger partial charge on any atom is -0.489 e. The quantitative estimate of drug-likeness (QED) is 0.930. The van der Waals surface area contributed by atoms with E-state index in [0.29, 0.717) is 6.61 Å². The van der Waals surface area contributed by atoms with Gasteiger partial charge in [0, 0.05) is 28.5 Å². The van der Waals surface area contributed by atoms with Gasteiger partial charge in [-0.1, -0.05) is 6.07 Å². The largest absolute Gasteiger partial charge is 0.489 e. The Kier molecular flexibility index (Phi) is 4.03. The molecule has 0 fully saturated rings. The number of ether oxygens (including phenoxy) is 1. The summed E-state index contributed by atoms with van der Waals surface area (Å²) in [6.45, 7) is 0.514. The average Bonchev–Trinajstić information content (AvgIpc) is 2.46. The van der Waals surface area contributed by atoms with Gasteiger partial charge in [0.25, 0.3) is 0 Å². The van der Waals surface area contributed by atoms with Gasteiger partial charge in [-0.15, -0.1) is 0 Å². The Morgan fingerprint density at radius 2 is 2.20 bits per heavy atom. The summed E-state index contributed by atoms with van der Waals surface area (Å²) in [5.41, 5.74) is 9.81. The van der Waals surface area contributed by atoms with Crippen LogP contribution in [0, 0.1) is 0 Å². The van der Waals surface area contributed by atoms with Gasteiger partial charge >= 0.3 is 0 Å². The maximum absolute atomic E-state index is 6.17. The van der Waals surface area contributed by atoms with Gasteiger partial charge in [-0.2, -0.15) is 0 Å². The first-order chi connectivity index (χ1) is 9.72. The first-order valence-electron chi connectivity index (χ1n) is 6.83. The number of fused-ring (bicyclic) bond motifs is 1. The van der Waals surface area contributed by atoms with Crippen LogP contribution >= 0.6 is 15.9 Å². The number of benzene rings is 1. The highest BCUT2D eigenvalue weighted by Gasteiger charge is 2.17. The van der Waals surface area contributed by atoms with Crippen LogP contribution < -0.4 is 10.5 Å². The van der Waals surface area contributed by atoms with Crippen molar-refractivity contribution in [3.63, 3.8) is 0 Å². The summed E-state index contributed by atoms with van der Waals surface area (Å²) in [4.78, 5) is 4.13. The first kappa shape index (κ1) is 13.6. The SMILES string of the molecule is NC1CCCc2ccc(OCc3cncc(Br)c3)cc21. The van der Waals surface area contributed by atoms with Gasteiger partial charge in [0.15, 0.2) is 0 Å². The number of halogens is 1. The van der Waals surface area contributed by atoms with E-state index in [-0.39, 0.29) is 6.04 Å². The molecule has 0 saturated heterocycles. The van der Waals surface area contributed by atoms with Crippen molar-refractivity contribution in [3.05, 3.63) is 57.8 Å². The minimum atomic E-state index is 0.148. The van der Waals surface area contributed by atoms with Crippen LogP contribution in [-0.2, 0) is 13.0 Å². The predicted octanol–water partition coefficient (Wildman–Crippen LogP) is 3.76. The van der Waals surface area contributed by atoms with Crippen molar-refractivity contribution in [2.24, 2.45) is 5.73 Å². The zero-order chi connectivity index (χ0) is 13.9. The zero-order valence-electron chi connectivity index (χ0n) is 11.2. The highest BCUT2D eigenvalue weighted by molar-refractivity contribution is 9.10. The Morgan fingerprint density at radius 3 is 3.05 bits per heavy atom. The highest BCUT2D eigenvalue weighted by Crippen LogP contribution is 2.31. The lowest BCUT2D eigenvalue weighted by Gasteiger charge is -2.22. The number of pyridine rings is 1. The molecule has 3 nitrogen and oxygen atoms in total. The molecule has 1 atom stereocenters. The van der Waals surface area contributed by atoms with Gasteiger partial charge < -0.3 is 10.5 Å². The average molecular weight is 333 g/mol. The van der Waals surface area contributed by atoms with Crippen LogP contribution in [0.2, 0.25) is 0 Å². The third-order valence-electron chi connectivity index (χ3n) is 3.65. The molecule has 4 heteroatoms. The van der Waals surface area contributed by atoms with E-state index in [4.69, 9.17) is 10.5 Å². The molecule has 1 aliphatic rings. The van der Waals surface area contributed by atoms with Crippen LogP contribution in [0.15, 0.2) is 41.1 Å². The molecule has 2 aromatic rings. The number of aryl methyl sites for hydroxylation is 1. The molecule has 1 unspecified atom stereocenters. The van der Waals surface area contributed by atoms with E-state index in [1.54, 1.807) is 6.20 Å². The number of aromatic nitrogens is 1. The number of rotatable bonds is 3. The highest BCUT2D eigenvalue weighted by atomic mass is 79.9. The van der Waals surface area contributed by atoms with Gasteiger partial charge in [0.2, 0.25) is 0 Å². The normalized spacial score (nSPS) is 17.6. The molecule has 1 aromatic heterocycles. The molecule has 3 rings (SSSR count). The van der Waals surface area contributed by atoms with E-state index in [1.165, 1.54) is 17.5 Å². The molecule has 104 valence electrons. The predicted molar refractivity (Wildman–Crippen MR) is 82.6 cm³/mol. The summed E-state index contributed by atoms with van der Waals surface area (Å²) in [5, 5.41) is 0. The third-order valence-corrected chi connectivity index (χ3v) is 4.08. The molecular weight excluding hydrogens is 316 g/mol. The van der Waals surface area contributed by atoms with Crippen LogP contribution in [0.5, 0.6) is 5.75 Å². The van der Waals surface area contributed by atoms with Crippen molar-refractivity contribution in [2.75, 3.05) is 0 Å². The monoisotopic (exact) mass is 332 g/mol. The van der Waals surface area contributed by atoms with Crippen molar-refractivity contribution < 1.29 is 4.74 Å². The number of nitrogens with zero attached hydrogens (tertiary/aromatic N) is 1. The Labute approximate surface area is 127 Å². The summed E-state index contributed by atoms with van der Waals surface area (Å²) < 4.78 is 6.81. The zero-order valence-corrected chi connectivity index (χ0v) is 12.8. The topological polar surface area (TPSA) is 48.1 Å². The lowest BCUT2D eigenvalue weighted by molar-refractivity contribution is 0.304. The molecule has 1 heterocycles. The van der Waals surface area contributed by atoms with Gasteiger partial charge in [0.1, 0.15) is 12.4 Å². The second kappa shape index (κ2) is 5.94. The van der Waals surface area contributed by atoms with E-state index in [1.807, 2.05) is 18.3 Å². The van der Waals surface area contributed by atoms with Gasteiger partial charge in [0.05, 0.1) is 0 Å². The molecule has 1 aromatic carbocycles. The first-order valence-corrected chi connectivity index (χ1v) is 7.62. The van der Waals surface area contributed by atoms with Crippen molar-refractivity contribution in [1.82, 2.24) is 4.98 Å². The van der Waals surface area contributed by atoms with Crippen molar-refractivity contribution in [1.29, 1.82) is 0 Å². The second-order valence-electron chi connectivity index (χ2n) is 5.16. The fraction of sp³-hybridized carbons (Fsp3) is 0.312. The lowest BCUT2D eigenvalue weighted by Crippen LogP contribution is -2.17. The fourth-order valence-corrected chi connectivity index (χ4v) is 3.02. The summed E-state index contributed by atoms with van der Waals surface area (Å²) >= 11 is 3.41. The third kappa shape index (κ3) is 3.02. The van der Waals surface area contributed by atoms with Gasteiger partial charge in [-0.25, -0.2) is 0 Å². The molecule has 0 aliphatic heterocycles. The fourth-order valence-electron chi connectivity index (χ4n) is 2.61. The molecule has 2 N–H and O–H groups in total. The summed E-state index contributed by atoms with van der Waals surface area (Å²) in [6.07, 6.45) is 6.94. The number of hydrogen-bond acceptors (Lipinski definition) is 3. The van der Waals surface area contributed by atoms with E-state index in [0.717, 1.165) is 28.6 Å². The Hall–Kier alpha value is -1.39. The summed E-state index contributed by atoms with van der Waals surface area (Å²) in [6, 6.07) is 8.42. The molecule has 0 bridgehead atoms. The molecule has 1 aliphatic carbocycles. The van der Waals surface area contributed by atoms with E-state index >= 15 is 0 Å². The number of nitrogens with two attached hydrogens (primary N) is 1. The minimum absolute atomic E-state index is 0.148. The van der Waals surface area contributed by atoms with Gasteiger partial charge in [-0.3, -0.25) is 4.98 Å². The molecule has 0 amide bonds. The molecule has 0 saturated carbocycles. The van der Waals surface area contributed by atoms with Crippen molar-refractivity contribution >= 4 is 15.9 Å². The van der Waals surface area contributed by atoms with E-state index in [2.05, 4.69) is 33.0 Å². The summed E-state index contributed by atoms with van der Waals surface area (Å²) in [7, 11) is 0. The molecular formula is C16H17BrN2O. The molecule has 0 radical (unpaired) electrons. The van der Waals surface area contributed by atoms with Gasteiger partial charge in [-0.05, 0) is 64.5 Å².